The normalized spacial score (nSPS) is 26.8. The Kier molecular flexibility index (Phi) is 2.21. The van der Waals surface area contributed by atoms with Gasteiger partial charge in [0, 0.05) is 5.56 Å². The largest absolute Gasteiger partial charge is 0.386 e. The van der Waals surface area contributed by atoms with E-state index in [1.165, 1.54) is 0 Å². The first kappa shape index (κ1) is 9.85. The summed E-state index contributed by atoms with van der Waals surface area (Å²) in [5.41, 5.74) is 1.21. The van der Waals surface area contributed by atoms with E-state index in [-0.39, 0.29) is 0 Å². The fraction of sp³-hybridized carbons (Fsp3) is 0.462. The highest BCUT2D eigenvalue weighted by Crippen LogP contribution is 2.41. The molecule has 0 bridgehead atoms. The molecule has 84 valence electrons. The first-order valence-corrected chi connectivity index (χ1v) is 5.81. The first-order valence-electron chi connectivity index (χ1n) is 5.81. The highest BCUT2D eigenvalue weighted by molar-refractivity contribution is 6.05. The second-order valence-electron chi connectivity index (χ2n) is 4.61. The van der Waals surface area contributed by atoms with Crippen molar-refractivity contribution >= 4 is 5.71 Å². The Labute approximate surface area is 94.7 Å². The van der Waals surface area contributed by atoms with Crippen molar-refractivity contribution < 1.29 is 9.94 Å². The molecule has 0 amide bonds. The number of aliphatic hydroxyl groups is 1. The smallest absolute Gasteiger partial charge is 0.169 e. The maximum atomic E-state index is 10.3. The topological polar surface area (TPSA) is 41.8 Å². The van der Waals surface area contributed by atoms with Crippen LogP contribution in [0, 0.1) is 0 Å². The Balaban J connectivity index is 1.89. The molecule has 16 heavy (non-hydrogen) atoms. The molecule has 0 radical (unpaired) electrons. The summed E-state index contributed by atoms with van der Waals surface area (Å²) in [4.78, 5) is 5.52. The van der Waals surface area contributed by atoms with Gasteiger partial charge >= 0.3 is 0 Å². The third-order valence-corrected chi connectivity index (χ3v) is 3.60. The summed E-state index contributed by atoms with van der Waals surface area (Å²) in [5, 5.41) is 14.4. The fourth-order valence-electron chi connectivity index (χ4n) is 2.65. The predicted octanol–water partition coefficient (Wildman–Crippen LogP) is 2.09. The van der Waals surface area contributed by atoms with Crippen molar-refractivity contribution in [3.8, 4) is 0 Å². The van der Waals surface area contributed by atoms with Gasteiger partial charge in [0.25, 0.3) is 0 Å². The van der Waals surface area contributed by atoms with E-state index in [4.69, 9.17) is 4.84 Å². The molecular formula is C13H15NO2. The third kappa shape index (κ3) is 1.35. The molecule has 0 unspecified atom stereocenters. The van der Waals surface area contributed by atoms with Crippen molar-refractivity contribution in [2.75, 3.05) is 0 Å². The minimum atomic E-state index is -0.572. The number of benzene rings is 1. The molecule has 1 spiro atoms. The lowest BCUT2D eigenvalue weighted by molar-refractivity contribution is -0.0698. The third-order valence-electron chi connectivity index (χ3n) is 3.60. The van der Waals surface area contributed by atoms with Gasteiger partial charge in [-0.05, 0) is 25.7 Å². The molecule has 1 fully saturated rings. The van der Waals surface area contributed by atoms with Gasteiger partial charge in [0.2, 0.25) is 0 Å². The molecule has 3 rings (SSSR count). The molecule has 1 aromatic carbocycles. The van der Waals surface area contributed by atoms with Crippen molar-refractivity contribution in [3.63, 3.8) is 0 Å². The molecule has 3 nitrogen and oxygen atoms in total. The number of hydrogen-bond acceptors (Lipinski definition) is 3. The van der Waals surface area contributed by atoms with E-state index < -0.39 is 11.7 Å². The van der Waals surface area contributed by atoms with Crippen LogP contribution in [0.25, 0.3) is 0 Å². The summed E-state index contributed by atoms with van der Waals surface area (Å²) in [7, 11) is 0. The first-order chi connectivity index (χ1) is 7.82. The van der Waals surface area contributed by atoms with Gasteiger partial charge in [-0.1, -0.05) is 35.5 Å². The van der Waals surface area contributed by atoms with Crippen molar-refractivity contribution in [2.24, 2.45) is 5.16 Å². The van der Waals surface area contributed by atoms with Gasteiger partial charge in [-0.15, -0.1) is 0 Å². The average molecular weight is 217 g/mol. The molecule has 0 aromatic heterocycles. The molecular weight excluding hydrogens is 202 g/mol. The quantitative estimate of drug-likeness (QED) is 0.782. The van der Waals surface area contributed by atoms with Gasteiger partial charge in [0.1, 0.15) is 11.8 Å². The van der Waals surface area contributed by atoms with Crippen LogP contribution in [0.5, 0.6) is 0 Å². The number of hydrogen-bond donors (Lipinski definition) is 1. The van der Waals surface area contributed by atoms with E-state index in [2.05, 4.69) is 5.16 Å². The SMILES string of the molecule is O[C@@H]1C(c2ccccc2)=NOC12CCCC2. The minimum Gasteiger partial charge on any atom is -0.386 e. The number of oxime groups is 1. The minimum absolute atomic E-state index is 0.425. The molecule has 3 heteroatoms. The molecule has 1 atom stereocenters. The maximum Gasteiger partial charge on any atom is 0.169 e. The second-order valence-corrected chi connectivity index (χ2v) is 4.61. The van der Waals surface area contributed by atoms with Crippen LogP contribution in [0.3, 0.4) is 0 Å². The van der Waals surface area contributed by atoms with Crippen LogP contribution in [0.15, 0.2) is 35.5 Å². The molecule has 1 aliphatic heterocycles. The van der Waals surface area contributed by atoms with Gasteiger partial charge in [-0.25, -0.2) is 0 Å². The lowest BCUT2D eigenvalue weighted by atomic mass is 9.89. The summed E-state index contributed by atoms with van der Waals surface area (Å²) in [5.74, 6) is 0. The second kappa shape index (κ2) is 3.59. The van der Waals surface area contributed by atoms with Crippen molar-refractivity contribution in [1.82, 2.24) is 0 Å². The Bertz CT molecular complexity index is 407. The molecule has 1 saturated carbocycles. The predicted molar refractivity (Wildman–Crippen MR) is 61.3 cm³/mol. The zero-order valence-electron chi connectivity index (χ0n) is 9.10. The molecule has 0 saturated heterocycles. The van der Waals surface area contributed by atoms with Crippen molar-refractivity contribution in [2.45, 2.75) is 37.4 Å². The van der Waals surface area contributed by atoms with Gasteiger partial charge in [-0.3, -0.25) is 0 Å². The number of nitrogens with zero attached hydrogens (tertiary/aromatic N) is 1. The van der Waals surface area contributed by atoms with E-state index in [1.54, 1.807) is 0 Å². The lowest BCUT2D eigenvalue weighted by Crippen LogP contribution is -2.41. The van der Waals surface area contributed by atoms with Crippen LogP contribution in [0.1, 0.15) is 31.2 Å². The Morgan fingerprint density at radius 2 is 1.88 bits per heavy atom. The van der Waals surface area contributed by atoms with E-state index >= 15 is 0 Å². The van der Waals surface area contributed by atoms with E-state index in [1.807, 2.05) is 30.3 Å². The van der Waals surface area contributed by atoms with Crippen LogP contribution in [-0.2, 0) is 4.84 Å². The van der Waals surface area contributed by atoms with Gasteiger partial charge in [0.05, 0.1) is 0 Å². The monoisotopic (exact) mass is 217 g/mol. The van der Waals surface area contributed by atoms with E-state index in [0.29, 0.717) is 5.71 Å². The van der Waals surface area contributed by atoms with Crippen LogP contribution < -0.4 is 0 Å². The Morgan fingerprint density at radius 3 is 2.56 bits per heavy atom. The molecule has 2 aliphatic rings. The zero-order chi connectivity index (χ0) is 11.0. The van der Waals surface area contributed by atoms with Crippen LogP contribution in [-0.4, -0.2) is 22.5 Å². The molecule has 1 aliphatic carbocycles. The number of rotatable bonds is 1. The average Bonchev–Trinajstić information content (AvgIpc) is 2.91. The molecule has 1 aromatic rings. The van der Waals surface area contributed by atoms with Gasteiger partial charge in [0.15, 0.2) is 5.60 Å². The standard InChI is InChI=1S/C13H15NO2/c15-12-11(10-6-2-1-3-7-10)14-16-13(12)8-4-5-9-13/h1-3,6-7,12,15H,4-5,8-9H2/t12-/m1/s1. The van der Waals surface area contributed by atoms with Gasteiger partial charge in [-0.2, -0.15) is 0 Å². The highest BCUT2D eigenvalue weighted by atomic mass is 16.7. The van der Waals surface area contributed by atoms with Crippen molar-refractivity contribution in [3.05, 3.63) is 35.9 Å². The van der Waals surface area contributed by atoms with E-state index in [0.717, 1.165) is 31.2 Å². The van der Waals surface area contributed by atoms with Crippen LogP contribution >= 0.6 is 0 Å². The summed E-state index contributed by atoms with van der Waals surface area (Å²) >= 11 is 0. The van der Waals surface area contributed by atoms with Crippen LogP contribution in [0.2, 0.25) is 0 Å². The summed E-state index contributed by atoms with van der Waals surface area (Å²) < 4.78 is 0. The van der Waals surface area contributed by atoms with E-state index in [9.17, 15) is 5.11 Å². The Hall–Kier alpha value is -1.35. The summed E-state index contributed by atoms with van der Waals surface area (Å²) in [6, 6.07) is 9.77. The lowest BCUT2D eigenvalue weighted by Gasteiger charge is -2.24. The highest BCUT2D eigenvalue weighted by Gasteiger charge is 2.50. The van der Waals surface area contributed by atoms with Crippen molar-refractivity contribution in [1.29, 1.82) is 0 Å². The zero-order valence-corrected chi connectivity index (χ0v) is 9.10. The van der Waals surface area contributed by atoms with Gasteiger partial charge < -0.3 is 9.94 Å². The molecule has 1 heterocycles. The van der Waals surface area contributed by atoms with Crippen LogP contribution in [0.4, 0.5) is 0 Å². The summed E-state index contributed by atoms with van der Waals surface area (Å²) in [6.07, 6.45) is 3.49. The molecule has 1 N–H and O–H groups in total. The summed E-state index contributed by atoms with van der Waals surface area (Å²) in [6.45, 7) is 0. The maximum absolute atomic E-state index is 10.3. The number of aliphatic hydroxyl groups excluding tert-OH is 1. The Morgan fingerprint density at radius 1 is 1.19 bits per heavy atom. The fourth-order valence-corrected chi connectivity index (χ4v) is 2.65.